The molecular formula is C11H8NS+. The minimum absolute atomic E-state index is 1.31. The molecule has 2 aromatic heterocycles. The van der Waals surface area contributed by atoms with Gasteiger partial charge in [0.25, 0.3) is 4.83 Å². The molecule has 13 heavy (non-hydrogen) atoms. The van der Waals surface area contributed by atoms with Crippen molar-refractivity contribution < 1.29 is 4.40 Å². The second-order valence-corrected chi connectivity index (χ2v) is 3.91. The third kappa shape index (κ3) is 0.956. The van der Waals surface area contributed by atoms with E-state index in [1.165, 1.54) is 15.6 Å². The van der Waals surface area contributed by atoms with Crippen LogP contribution in [0.2, 0.25) is 0 Å². The van der Waals surface area contributed by atoms with Crippen LogP contribution in [0.5, 0.6) is 0 Å². The van der Waals surface area contributed by atoms with Gasteiger partial charge in [0.05, 0.1) is 10.8 Å². The molecule has 3 rings (SSSR count). The maximum absolute atomic E-state index is 2.17. The van der Waals surface area contributed by atoms with E-state index in [0.29, 0.717) is 0 Å². The fourth-order valence-electron chi connectivity index (χ4n) is 1.61. The lowest BCUT2D eigenvalue weighted by molar-refractivity contribution is -0.506. The summed E-state index contributed by atoms with van der Waals surface area (Å²) in [6, 6.07) is 10.6. The Morgan fingerprint density at radius 1 is 1.00 bits per heavy atom. The Hall–Kier alpha value is -1.41. The number of fused-ring (bicyclic) bond motifs is 3. The van der Waals surface area contributed by atoms with Gasteiger partial charge in [-0.2, -0.15) is 4.40 Å². The molecule has 2 heterocycles. The molecule has 1 nitrogen and oxygen atoms in total. The van der Waals surface area contributed by atoms with Crippen LogP contribution in [0.15, 0.2) is 48.1 Å². The number of rotatable bonds is 0. The summed E-state index contributed by atoms with van der Waals surface area (Å²) >= 11 is 1.78. The molecule has 0 spiro atoms. The quantitative estimate of drug-likeness (QED) is 0.475. The maximum Gasteiger partial charge on any atom is 0.274 e. The van der Waals surface area contributed by atoms with Gasteiger partial charge in [0.15, 0.2) is 12.4 Å². The lowest BCUT2D eigenvalue weighted by Gasteiger charge is -1.92. The molecule has 1 aromatic carbocycles. The van der Waals surface area contributed by atoms with Crippen molar-refractivity contribution in [3.63, 3.8) is 0 Å². The summed E-state index contributed by atoms with van der Waals surface area (Å²) in [5, 5.41) is 4.76. The molecule has 62 valence electrons. The summed E-state index contributed by atoms with van der Waals surface area (Å²) in [4.78, 5) is 1.32. The van der Waals surface area contributed by atoms with E-state index in [4.69, 9.17) is 0 Å². The molecule has 0 N–H and O–H groups in total. The third-order valence-electron chi connectivity index (χ3n) is 2.24. The molecule has 0 bridgehead atoms. The van der Waals surface area contributed by atoms with Crippen molar-refractivity contribution >= 4 is 26.9 Å². The van der Waals surface area contributed by atoms with Crippen LogP contribution in [-0.4, -0.2) is 0 Å². The fourth-order valence-corrected chi connectivity index (χ4v) is 2.48. The van der Waals surface area contributed by atoms with Crippen LogP contribution in [0, 0.1) is 0 Å². The van der Waals surface area contributed by atoms with Crippen molar-refractivity contribution in [2.75, 3.05) is 0 Å². The maximum atomic E-state index is 2.17. The zero-order valence-corrected chi connectivity index (χ0v) is 7.79. The van der Waals surface area contributed by atoms with E-state index in [2.05, 4.69) is 52.5 Å². The normalized spacial score (nSPS) is 11.1. The fraction of sp³-hybridized carbons (Fsp3) is 0. The summed E-state index contributed by atoms with van der Waals surface area (Å²) in [6.07, 6.45) is 4.20. The topological polar surface area (TPSA) is 4.10 Å². The number of aromatic nitrogens is 1. The third-order valence-corrected chi connectivity index (χ3v) is 3.15. The number of thiazole rings is 1. The average Bonchev–Trinajstić information content (AvgIpc) is 2.65. The molecule has 0 unspecified atom stereocenters. The van der Waals surface area contributed by atoms with Gasteiger partial charge < -0.3 is 0 Å². The van der Waals surface area contributed by atoms with Crippen molar-refractivity contribution in [2.45, 2.75) is 0 Å². The lowest BCUT2D eigenvalue weighted by Crippen LogP contribution is -2.15. The van der Waals surface area contributed by atoms with Crippen LogP contribution in [0.4, 0.5) is 0 Å². The predicted octanol–water partition coefficient (Wildman–Crippen LogP) is 2.64. The zero-order chi connectivity index (χ0) is 8.67. The zero-order valence-electron chi connectivity index (χ0n) is 6.97. The van der Waals surface area contributed by atoms with E-state index in [1.807, 2.05) is 0 Å². The van der Waals surface area contributed by atoms with E-state index >= 15 is 0 Å². The van der Waals surface area contributed by atoms with E-state index in [9.17, 15) is 0 Å². The summed E-state index contributed by atoms with van der Waals surface area (Å²) < 4.78 is 2.16. The van der Waals surface area contributed by atoms with Gasteiger partial charge in [-0.25, -0.2) is 0 Å². The van der Waals surface area contributed by atoms with Gasteiger partial charge in [0, 0.05) is 6.07 Å². The molecule has 0 aliphatic heterocycles. The van der Waals surface area contributed by atoms with Gasteiger partial charge >= 0.3 is 0 Å². The first kappa shape index (κ1) is 7.04. The van der Waals surface area contributed by atoms with Gasteiger partial charge in [-0.15, -0.1) is 0 Å². The predicted molar refractivity (Wildman–Crippen MR) is 55.0 cm³/mol. The molecule has 0 atom stereocenters. The van der Waals surface area contributed by atoms with Crippen LogP contribution < -0.4 is 4.40 Å². The summed E-state index contributed by atoms with van der Waals surface area (Å²) in [5.74, 6) is 0. The number of nitrogens with zero attached hydrogens (tertiary/aromatic N) is 1. The van der Waals surface area contributed by atoms with Crippen molar-refractivity contribution in [2.24, 2.45) is 0 Å². The molecule has 0 fully saturated rings. The Labute approximate surface area is 79.9 Å². The van der Waals surface area contributed by atoms with Crippen molar-refractivity contribution in [1.29, 1.82) is 0 Å². The first-order valence-corrected chi connectivity index (χ1v) is 5.09. The minimum atomic E-state index is 1.31. The second-order valence-electron chi connectivity index (χ2n) is 3.02. The molecule has 0 saturated heterocycles. The van der Waals surface area contributed by atoms with E-state index < -0.39 is 0 Å². The van der Waals surface area contributed by atoms with Crippen molar-refractivity contribution in [3.05, 3.63) is 48.1 Å². The van der Waals surface area contributed by atoms with Crippen LogP contribution in [-0.2, 0) is 0 Å². The summed E-state index contributed by atoms with van der Waals surface area (Å²) in [6.45, 7) is 0. The Morgan fingerprint density at radius 3 is 2.92 bits per heavy atom. The van der Waals surface area contributed by atoms with E-state index in [1.54, 1.807) is 11.3 Å². The Balaban J connectivity index is 2.65. The molecule has 0 radical (unpaired) electrons. The molecular weight excluding hydrogens is 178 g/mol. The second kappa shape index (κ2) is 2.54. The largest absolute Gasteiger partial charge is 0.274 e. The Morgan fingerprint density at radius 2 is 1.92 bits per heavy atom. The first-order valence-electron chi connectivity index (χ1n) is 4.21. The van der Waals surface area contributed by atoms with Gasteiger partial charge in [-0.3, -0.25) is 0 Å². The number of hydrogen-bond acceptors (Lipinski definition) is 1. The number of pyridine rings is 1. The molecule has 0 aliphatic rings. The molecule has 0 amide bonds. The highest BCUT2D eigenvalue weighted by molar-refractivity contribution is 7.15. The van der Waals surface area contributed by atoms with Gasteiger partial charge in [-0.05, 0) is 11.5 Å². The van der Waals surface area contributed by atoms with E-state index in [0.717, 1.165) is 0 Å². The number of hydrogen-bond donors (Lipinski definition) is 0. The van der Waals surface area contributed by atoms with E-state index in [-0.39, 0.29) is 0 Å². The van der Waals surface area contributed by atoms with Crippen LogP contribution >= 0.6 is 11.3 Å². The van der Waals surface area contributed by atoms with Crippen LogP contribution in [0.1, 0.15) is 0 Å². The standard InChI is InChI=1S/C11H8NS/c1-2-4-10-9(3-1)5-6-12-7-8-13-11(10)12/h1-8H/q+1. The minimum Gasteiger partial charge on any atom is -0.157 e. The summed E-state index contributed by atoms with van der Waals surface area (Å²) in [5.41, 5.74) is 0. The highest BCUT2D eigenvalue weighted by atomic mass is 32.1. The summed E-state index contributed by atoms with van der Waals surface area (Å²) in [7, 11) is 0. The molecule has 0 saturated carbocycles. The smallest absolute Gasteiger partial charge is 0.157 e. The van der Waals surface area contributed by atoms with Crippen LogP contribution in [0.25, 0.3) is 15.6 Å². The Bertz CT molecular complexity index is 568. The molecule has 3 aromatic rings. The highest BCUT2D eigenvalue weighted by Gasteiger charge is 2.06. The first-order chi connectivity index (χ1) is 6.45. The molecule has 2 heteroatoms. The molecule has 0 aliphatic carbocycles. The SMILES string of the molecule is c1ccc2c(c1)cc[n+]1ccsc21. The van der Waals surface area contributed by atoms with Crippen LogP contribution in [0.3, 0.4) is 0 Å². The highest BCUT2D eigenvalue weighted by Crippen LogP contribution is 2.19. The van der Waals surface area contributed by atoms with Crippen molar-refractivity contribution in [1.82, 2.24) is 0 Å². The Kier molecular flexibility index (Phi) is 1.37. The lowest BCUT2D eigenvalue weighted by atomic mass is 10.2. The van der Waals surface area contributed by atoms with Gasteiger partial charge in [0.1, 0.15) is 0 Å². The van der Waals surface area contributed by atoms with Crippen molar-refractivity contribution in [3.8, 4) is 0 Å². The van der Waals surface area contributed by atoms with Gasteiger partial charge in [-0.1, -0.05) is 29.5 Å². The van der Waals surface area contributed by atoms with Gasteiger partial charge in [0.2, 0.25) is 0 Å². The monoisotopic (exact) mass is 186 g/mol. The average molecular weight is 186 g/mol. The number of benzene rings is 1.